The molecule has 0 radical (unpaired) electrons. The van der Waals surface area contributed by atoms with E-state index in [4.69, 9.17) is 10.5 Å². The van der Waals surface area contributed by atoms with Gasteiger partial charge in [0.2, 0.25) is 0 Å². The number of nitrogens with two attached hydrogens (primary N) is 1. The highest BCUT2D eigenvalue weighted by molar-refractivity contribution is 5.55. The van der Waals surface area contributed by atoms with Gasteiger partial charge in [-0.2, -0.15) is 0 Å². The van der Waals surface area contributed by atoms with Crippen molar-refractivity contribution in [2.45, 2.75) is 13.8 Å². The van der Waals surface area contributed by atoms with Crippen molar-refractivity contribution in [2.75, 3.05) is 13.7 Å². The Balaban J connectivity index is 2.97. The van der Waals surface area contributed by atoms with E-state index in [1.807, 2.05) is 26.0 Å². The second-order valence-corrected chi connectivity index (χ2v) is 3.42. The highest BCUT2D eigenvalue weighted by Crippen LogP contribution is 2.19. The lowest BCUT2D eigenvalue weighted by molar-refractivity contribution is 0.411. The van der Waals surface area contributed by atoms with Crippen LogP contribution in [0, 0.1) is 6.92 Å². The predicted molar refractivity (Wildman–Crippen MR) is 60.4 cm³/mol. The van der Waals surface area contributed by atoms with Crippen molar-refractivity contribution in [1.82, 2.24) is 0 Å². The summed E-state index contributed by atoms with van der Waals surface area (Å²) in [5.41, 5.74) is 9.01. The Morgan fingerprint density at radius 2 is 2.21 bits per heavy atom. The molecule has 0 spiro atoms. The molecule has 0 atom stereocenters. The number of aryl methyl sites for hydroxylation is 1. The van der Waals surface area contributed by atoms with Gasteiger partial charge in [0.1, 0.15) is 5.75 Å². The molecule has 2 N–H and O–H groups in total. The summed E-state index contributed by atoms with van der Waals surface area (Å²) in [6.07, 6.45) is 2.09. The summed E-state index contributed by atoms with van der Waals surface area (Å²) in [5, 5.41) is 0. The average molecular weight is 191 g/mol. The van der Waals surface area contributed by atoms with Crippen LogP contribution in [-0.2, 0) is 0 Å². The molecule has 1 rings (SSSR count). The van der Waals surface area contributed by atoms with E-state index in [-0.39, 0.29) is 0 Å². The molecule has 0 fully saturated rings. The van der Waals surface area contributed by atoms with Crippen LogP contribution in [0.4, 0.5) is 0 Å². The first-order chi connectivity index (χ1) is 6.67. The first-order valence-corrected chi connectivity index (χ1v) is 4.69. The van der Waals surface area contributed by atoms with E-state index < -0.39 is 0 Å². The minimum absolute atomic E-state index is 0.602. The van der Waals surface area contributed by atoms with Gasteiger partial charge in [-0.15, -0.1) is 0 Å². The fourth-order valence-corrected chi connectivity index (χ4v) is 1.33. The van der Waals surface area contributed by atoms with Crippen LogP contribution in [0.3, 0.4) is 0 Å². The zero-order valence-electron chi connectivity index (χ0n) is 9.00. The van der Waals surface area contributed by atoms with Crippen LogP contribution < -0.4 is 10.5 Å². The van der Waals surface area contributed by atoms with Crippen molar-refractivity contribution in [3.05, 3.63) is 34.9 Å². The van der Waals surface area contributed by atoms with E-state index in [1.165, 1.54) is 11.1 Å². The summed E-state index contributed by atoms with van der Waals surface area (Å²) < 4.78 is 5.19. The zero-order chi connectivity index (χ0) is 10.6. The molecule has 2 heteroatoms. The van der Waals surface area contributed by atoms with Crippen molar-refractivity contribution >= 4 is 6.08 Å². The van der Waals surface area contributed by atoms with E-state index in [1.54, 1.807) is 7.11 Å². The number of ether oxygens (including phenoxy) is 1. The number of benzene rings is 1. The standard InChI is InChI=1S/C12H17NO/c1-9(8-13)6-11-4-5-12(14-3)10(2)7-11/h4-7H,8,13H2,1-3H3. The Kier molecular flexibility index (Phi) is 3.72. The molecule has 0 aliphatic rings. The van der Waals surface area contributed by atoms with Crippen LogP contribution in [0.2, 0.25) is 0 Å². The SMILES string of the molecule is COc1ccc(C=C(C)CN)cc1C. The fourth-order valence-electron chi connectivity index (χ4n) is 1.33. The first kappa shape index (κ1) is 10.8. The summed E-state index contributed by atoms with van der Waals surface area (Å²) >= 11 is 0. The van der Waals surface area contributed by atoms with Gasteiger partial charge in [0.25, 0.3) is 0 Å². The van der Waals surface area contributed by atoms with E-state index in [2.05, 4.69) is 12.1 Å². The lowest BCUT2D eigenvalue weighted by Gasteiger charge is -2.05. The normalized spacial score (nSPS) is 11.6. The Hall–Kier alpha value is -1.28. The minimum Gasteiger partial charge on any atom is -0.496 e. The molecule has 2 nitrogen and oxygen atoms in total. The lowest BCUT2D eigenvalue weighted by Crippen LogP contribution is -1.99. The Morgan fingerprint density at radius 3 is 2.71 bits per heavy atom. The van der Waals surface area contributed by atoms with Gasteiger partial charge in [-0.05, 0) is 37.1 Å². The molecule has 1 aromatic rings. The molecule has 1 aromatic carbocycles. The van der Waals surface area contributed by atoms with Gasteiger partial charge < -0.3 is 10.5 Å². The average Bonchev–Trinajstić information content (AvgIpc) is 2.18. The zero-order valence-corrected chi connectivity index (χ0v) is 9.00. The summed E-state index contributed by atoms with van der Waals surface area (Å²) in [7, 11) is 1.68. The van der Waals surface area contributed by atoms with Gasteiger partial charge in [-0.1, -0.05) is 17.7 Å². The summed E-state index contributed by atoms with van der Waals surface area (Å²) in [6, 6.07) is 6.11. The monoisotopic (exact) mass is 191 g/mol. The Morgan fingerprint density at radius 1 is 1.50 bits per heavy atom. The number of hydrogen-bond acceptors (Lipinski definition) is 2. The van der Waals surface area contributed by atoms with E-state index in [0.29, 0.717) is 6.54 Å². The molecule has 0 heterocycles. The van der Waals surface area contributed by atoms with Crippen LogP contribution in [0.5, 0.6) is 5.75 Å². The Labute approximate surface area is 85.4 Å². The second-order valence-electron chi connectivity index (χ2n) is 3.42. The maximum absolute atomic E-state index is 5.52. The molecule has 14 heavy (non-hydrogen) atoms. The van der Waals surface area contributed by atoms with Crippen molar-refractivity contribution in [2.24, 2.45) is 5.73 Å². The third-order valence-electron chi connectivity index (χ3n) is 2.15. The largest absolute Gasteiger partial charge is 0.496 e. The quantitative estimate of drug-likeness (QED) is 0.796. The van der Waals surface area contributed by atoms with Crippen LogP contribution in [0.1, 0.15) is 18.1 Å². The molecule has 76 valence electrons. The summed E-state index contributed by atoms with van der Waals surface area (Å²) in [4.78, 5) is 0. The van der Waals surface area contributed by atoms with Crippen LogP contribution >= 0.6 is 0 Å². The van der Waals surface area contributed by atoms with Gasteiger partial charge in [0.05, 0.1) is 7.11 Å². The predicted octanol–water partition coefficient (Wildman–Crippen LogP) is 2.37. The van der Waals surface area contributed by atoms with Gasteiger partial charge in [0, 0.05) is 6.54 Å². The lowest BCUT2D eigenvalue weighted by atomic mass is 10.1. The topological polar surface area (TPSA) is 35.2 Å². The maximum atomic E-state index is 5.52. The van der Waals surface area contributed by atoms with Crippen molar-refractivity contribution in [3.63, 3.8) is 0 Å². The highest BCUT2D eigenvalue weighted by atomic mass is 16.5. The molecule has 0 aromatic heterocycles. The molecular weight excluding hydrogens is 174 g/mol. The fraction of sp³-hybridized carbons (Fsp3) is 0.333. The van der Waals surface area contributed by atoms with E-state index in [0.717, 1.165) is 11.3 Å². The van der Waals surface area contributed by atoms with Gasteiger partial charge in [-0.25, -0.2) is 0 Å². The number of hydrogen-bond donors (Lipinski definition) is 1. The van der Waals surface area contributed by atoms with Gasteiger partial charge in [-0.3, -0.25) is 0 Å². The van der Waals surface area contributed by atoms with Crippen molar-refractivity contribution in [3.8, 4) is 5.75 Å². The van der Waals surface area contributed by atoms with Crippen LogP contribution in [0.25, 0.3) is 6.08 Å². The molecule has 0 saturated carbocycles. The highest BCUT2D eigenvalue weighted by Gasteiger charge is 1.97. The van der Waals surface area contributed by atoms with Crippen molar-refractivity contribution < 1.29 is 4.74 Å². The number of rotatable bonds is 3. The second kappa shape index (κ2) is 4.82. The number of methoxy groups -OCH3 is 1. The molecule has 0 aliphatic heterocycles. The Bertz CT molecular complexity index is 342. The minimum atomic E-state index is 0.602. The molecular formula is C12H17NO. The summed E-state index contributed by atoms with van der Waals surface area (Å²) in [5.74, 6) is 0.924. The maximum Gasteiger partial charge on any atom is 0.121 e. The van der Waals surface area contributed by atoms with E-state index >= 15 is 0 Å². The third kappa shape index (κ3) is 2.60. The molecule has 0 saturated heterocycles. The first-order valence-electron chi connectivity index (χ1n) is 4.69. The van der Waals surface area contributed by atoms with Crippen LogP contribution in [0.15, 0.2) is 23.8 Å². The van der Waals surface area contributed by atoms with Gasteiger partial charge >= 0.3 is 0 Å². The smallest absolute Gasteiger partial charge is 0.121 e. The molecule has 0 unspecified atom stereocenters. The third-order valence-corrected chi connectivity index (χ3v) is 2.15. The molecule has 0 bridgehead atoms. The molecule has 0 aliphatic carbocycles. The summed E-state index contributed by atoms with van der Waals surface area (Å²) in [6.45, 7) is 4.67. The van der Waals surface area contributed by atoms with Crippen LogP contribution in [-0.4, -0.2) is 13.7 Å². The van der Waals surface area contributed by atoms with Crippen molar-refractivity contribution in [1.29, 1.82) is 0 Å². The molecule has 0 amide bonds. The van der Waals surface area contributed by atoms with E-state index in [9.17, 15) is 0 Å². The van der Waals surface area contributed by atoms with Gasteiger partial charge in [0.15, 0.2) is 0 Å².